The number of para-hydroxylation sites is 1. The van der Waals surface area contributed by atoms with Gasteiger partial charge in [-0.2, -0.15) is 10.2 Å². The predicted molar refractivity (Wildman–Crippen MR) is 78.0 cm³/mol. The second-order valence-corrected chi connectivity index (χ2v) is 4.71. The first-order valence-electron chi connectivity index (χ1n) is 6.64. The second-order valence-electron chi connectivity index (χ2n) is 4.71. The zero-order chi connectivity index (χ0) is 14.7. The lowest BCUT2D eigenvalue weighted by atomic mass is 10.2. The Bertz CT molecular complexity index is 718. The van der Waals surface area contributed by atoms with Gasteiger partial charge < -0.3 is 5.32 Å². The van der Waals surface area contributed by atoms with E-state index in [9.17, 15) is 4.79 Å². The first-order chi connectivity index (χ1) is 10.2. The topological polar surface area (TPSA) is 75.6 Å². The van der Waals surface area contributed by atoms with Crippen molar-refractivity contribution in [2.75, 3.05) is 0 Å². The molecule has 1 atom stereocenters. The molecule has 0 aliphatic carbocycles. The highest BCUT2D eigenvalue weighted by Gasteiger charge is 2.14. The summed E-state index contributed by atoms with van der Waals surface area (Å²) in [6.45, 7) is 1.90. The Balaban J connectivity index is 1.73. The van der Waals surface area contributed by atoms with Crippen LogP contribution in [0.25, 0.3) is 5.69 Å². The van der Waals surface area contributed by atoms with E-state index < -0.39 is 0 Å². The fourth-order valence-corrected chi connectivity index (χ4v) is 2.02. The molecule has 2 aromatic heterocycles. The Kier molecular flexibility index (Phi) is 3.51. The predicted octanol–water partition coefficient (Wildman–Crippen LogP) is 2.09. The van der Waals surface area contributed by atoms with Crippen molar-refractivity contribution in [2.24, 2.45) is 0 Å². The third-order valence-electron chi connectivity index (χ3n) is 3.21. The van der Waals surface area contributed by atoms with Gasteiger partial charge in [0, 0.05) is 18.0 Å². The molecule has 6 nitrogen and oxygen atoms in total. The van der Waals surface area contributed by atoms with E-state index in [1.54, 1.807) is 29.3 Å². The van der Waals surface area contributed by atoms with E-state index in [0.29, 0.717) is 5.69 Å². The molecule has 0 saturated carbocycles. The van der Waals surface area contributed by atoms with Crippen molar-refractivity contribution in [3.05, 3.63) is 66.2 Å². The van der Waals surface area contributed by atoms with E-state index in [1.165, 1.54) is 0 Å². The summed E-state index contributed by atoms with van der Waals surface area (Å²) in [6, 6.07) is 11.2. The van der Waals surface area contributed by atoms with Gasteiger partial charge >= 0.3 is 0 Å². The SMILES string of the molecule is CC(NC(=O)c1ccn(-c2ccccc2)n1)c1cn[nH]c1. The van der Waals surface area contributed by atoms with Crippen LogP contribution in [-0.4, -0.2) is 25.9 Å². The summed E-state index contributed by atoms with van der Waals surface area (Å²) in [6.07, 6.45) is 5.22. The van der Waals surface area contributed by atoms with Gasteiger partial charge in [0.05, 0.1) is 17.9 Å². The lowest BCUT2D eigenvalue weighted by Gasteiger charge is -2.10. The third-order valence-corrected chi connectivity index (χ3v) is 3.21. The van der Waals surface area contributed by atoms with Crippen molar-refractivity contribution >= 4 is 5.91 Å². The van der Waals surface area contributed by atoms with E-state index in [0.717, 1.165) is 11.3 Å². The number of H-pyrrole nitrogens is 1. The fraction of sp³-hybridized carbons (Fsp3) is 0.133. The Morgan fingerprint density at radius 1 is 1.29 bits per heavy atom. The number of rotatable bonds is 4. The molecule has 6 heteroatoms. The first-order valence-corrected chi connectivity index (χ1v) is 6.64. The van der Waals surface area contributed by atoms with Crippen LogP contribution in [0.2, 0.25) is 0 Å². The largest absolute Gasteiger partial charge is 0.344 e. The molecule has 0 aliphatic rings. The van der Waals surface area contributed by atoms with Gasteiger partial charge in [0.25, 0.3) is 5.91 Å². The fourth-order valence-electron chi connectivity index (χ4n) is 2.02. The normalized spacial score (nSPS) is 12.0. The van der Waals surface area contributed by atoms with Crippen LogP contribution in [-0.2, 0) is 0 Å². The Morgan fingerprint density at radius 3 is 2.81 bits per heavy atom. The van der Waals surface area contributed by atoms with Crippen LogP contribution >= 0.6 is 0 Å². The number of carbonyl (C=O) groups is 1. The standard InChI is InChI=1S/C15H15N5O/c1-11(12-9-16-17-10-12)18-15(21)14-7-8-20(19-14)13-5-3-2-4-6-13/h2-11H,1H3,(H,16,17)(H,18,21). The summed E-state index contributed by atoms with van der Waals surface area (Å²) in [5.41, 5.74) is 2.22. The molecule has 0 aliphatic heterocycles. The van der Waals surface area contributed by atoms with E-state index in [-0.39, 0.29) is 11.9 Å². The molecule has 2 heterocycles. The smallest absolute Gasteiger partial charge is 0.272 e. The molecule has 3 rings (SSSR count). The summed E-state index contributed by atoms with van der Waals surface area (Å²) in [5.74, 6) is -0.210. The average molecular weight is 281 g/mol. The quantitative estimate of drug-likeness (QED) is 0.769. The highest BCUT2D eigenvalue weighted by molar-refractivity contribution is 5.92. The first kappa shape index (κ1) is 13.1. The molecular formula is C15H15N5O. The highest BCUT2D eigenvalue weighted by Crippen LogP contribution is 2.11. The monoisotopic (exact) mass is 281 g/mol. The van der Waals surface area contributed by atoms with Gasteiger partial charge in [-0.1, -0.05) is 18.2 Å². The zero-order valence-corrected chi connectivity index (χ0v) is 11.5. The summed E-state index contributed by atoms with van der Waals surface area (Å²) in [5, 5.41) is 13.8. The summed E-state index contributed by atoms with van der Waals surface area (Å²) in [7, 11) is 0. The highest BCUT2D eigenvalue weighted by atomic mass is 16.2. The van der Waals surface area contributed by atoms with E-state index >= 15 is 0 Å². The average Bonchev–Trinajstić information content (AvgIpc) is 3.20. The van der Waals surface area contributed by atoms with Crippen LogP contribution in [0.15, 0.2) is 55.0 Å². The van der Waals surface area contributed by atoms with E-state index in [4.69, 9.17) is 0 Å². The lowest BCUT2D eigenvalue weighted by Crippen LogP contribution is -2.26. The number of benzene rings is 1. The summed E-state index contributed by atoms with van der Waals surface area (Å²) >= 11 is 0. The molecule has 0 fully saturated rings. The van der Waals surface area contributed by atoms with Crippen molar-refractivity contribution < 1.29 is 4.79 Å². The van der Waals surface area contributed by atoms with Crippen molar-refractivity contribution in [1.29, 1.82) is 0 Å². The molecule has 0 saturated heterocycles. The van der Waals surface area contributed by atoms with Gasteiger partial charge in [0.1, 0.15) is 0 Å². The lowest BCUT2D eigenvalue weighted by molar-refractivity contribution is 0.0934. The number of nitrogens with zero attached hydrogens (tertiary/aromatic N) is 3. The van der Waals surface area contributed by atoms with E-state index in [1.807, 2.05) is 37.3 Å². The molecular weight excluding hydrogens is 266 g/mol. The molecule has 1 unspecified atom stereocenters. The third kappa shape index (κ3) is 2.84. The Labute approximate surface area is 121 Å². The molecule has 2 N–H and O–H groups in total. The Hall–Kier alpha value is -2.89. The molecule has 1 aromatic carbocycles. The van der Waals surface area contributed by atoms with Crippen LogP contribution in [0, 0.1) is 0 Å². The van der Waals surface area contributed by atoms with Gasteiger partial charge in [-0.15, -0.1) is 0 Å². The molecule has 0 bridgehead atoms. The summed E-state index contributed by atoms with van der Waals surface area (Å²) in [4.78, 5) is 12.2. The van der Waals surface area contributed by atoms with Gasteiger partial charge in [-0.05, 0) is 25.1 Å². The van der Waals surface area contributed by atoms with Gasteiger partial charge in [0.2, 0.25) is 0 Å². The van der Waals surface area contributed by atoms with E-state index in [2.05, 4.69) is 20.6 Å². The maximum absolute atomic E-state index is 12.2. The van der Waals surface area contributed by atoms with Gasteiger partial charge in [0.15, 0.2) is 5.69 Å². The molecule has 0 spiro atoms. The molecule has 3 aromatic rings. The minimum absolute atomic E-state index is 0.127. The minimum atomic E-state index is -0.210. The molecule has 1 amide bonds. The van der Waals surface area contributed by atoms with Crippen molar-refractivity contribution in [2.45, 2.75) is 13.0 Å². The number of hydrogen-bond donors (Lipinski definition) is 2. The second kappa shape index (κ2) is 5.62. The van der Waals surface area contributed by atoms with Gasteiger partial charge in [-0.25, -0.2) is 4.68 Å². The van der Waals surface area contributed by atoms with Crippen molar-refractivity contribution in [3.63, 3.8) is 0 Å². The zero-order valence-electron chi connectivity index (χ0n) is 11.5. The molecule has 0 radical (unpaired) electrons. The van der Waals surface area contributed by atoms with Gasteiger partial charge in [-0.3, -0.25) is 9.89 Å². The number of aromatic nitrogens is 4. The van der Waals surface area contributed by atoms with Crippen molar-refractivity contribution in [1.82, 2.24) is 25.3 Å². The summed E-state index contributed by atoms with van der Waals surface area (Å²) < 4.78 is 1.68. The molecule has 106 valence electrons. The maximum Gasteiger partial charge on any atom is 0.272 e. The van der Waals surface area contributed by atoms with Crippen LogP contribution in [0.5, 0.6) is 0 Å². The number of carbonyl (C=O) groups excluding carboxylic acids is 1. The minimum Gasteiger partial charge on any atom is -0.344 e. The molecule has 21 heavy (non-hydrogen) atoms. The number of amides is 1. The number of hydrogen-bond acceptors (Lipinski definition) is 3. The van der Waals surface area contributed by atoms with Crippen LogP contribution in [0.4, 0.5) is 0 Å². The van der Waals surface area contributed by atoms with Crippen LogP contribution < -0.4 is 5.32 Å². The van der Waals surface area contributed by atoms with Crippen molar-refractivity contribution in [3.8, 4) is 5.69 Å². The van der Waals surface area contributed by atoms with Crippen LogP contribution in [0.1, 0.15) is 29.0 Å². The maximum atomic E-state index is 12.2. The van der Waals surface area contributed by atoms with Crippen LogP contribution in [0.3, 0.4) is 0 Å². The number of nitrogens with one attached hydrogen (secondary N) is 2. The Morgan fingerprint density at radius 2 is 2.10 bits per heavy atom. The number of aromatic amines is 1.